The molecule has 0 saturated carbocycles. The van der Waals surface area contributed by atoms with Crippen LogP contribution in [-0.4, -0.2) is 21.9 Å². The van der Waals surface area contributed by atoms with Crippen LogP contribution in [0.15, 0.2) is 72.3 Å². The van der Waals surface area contributed by atoms with Crippen LogP contribution in [0.3, 0.4) is 0 Å². The number of halogens is 1. The van der Waals surface area contributed by atoms with E-state index in [1.54, 1.807) is 31.2 Å². The Morgan fingerprint density at radius 3 is 2.19 bits per heavy atom. The Hall–Kier alpha value is -3.93. The van der Waals surface area contributed by atoms with Crippen molar-refractivity contribution in [1.82, 2.24) is 0 Å². The molecule has 0 aliphatic carbocycles. The molecule has 2 N–H and O–H groups in total. The van der Waals surface area contributed by atoms with E-state index in [0.29, 0.717) is 16.8 Å². The lowest BCUT2D eigenvalue weighted by atomic mass is 9.94. The van der Waals surface area contributed by atoms with Crippen molar-refractivity contribution in [3.63, 3.8) is 0 Å². The minimum atomic E-state index is -0.909. The highest BCUT2D eigenvalue weighted by Crippen LogP contribution is 2.42. The Balaban J connectivity index is 1.94. The van der Waals surface area contributed by atoms with Crippen LogP contribution in [0.25, 0.3) is 5.76 Å². The molecule has 31 heavy (non-hydrogen) atoms. The number of ketones is 1. The number of phenols is 1. The number of hydrogen-bond acceptors (Lipinski definition) is 4. The van der Waals surface area contributed by atoms with Crippen LogP contribution in [0.1, 0.15) is 28.3 Å². The van der Waals surface area contributed by atoms with Gasteiger partial charge in [0.1, 0.15) is 17.3 Å². The topological polar surface area (TPSA) is 77.8 Å². The average Bonchev–Trinajstić information content (AvgIpc) is 3.01. The number of hydrogen-bond donors (Lipinski definition) is 2. The number of carbonyl (C=O) groups is 2. The third-order valence-corrected chi connectivity index (χ3v) is 5.40. The Bertz CT molecular complexity index is 1210. The van der Waals surface area contributed by atoms with E-state index in [1.165, 1.54) is 35.2 Å². The van der Waals surface area contributed by atoms with Gasteiger partial charge in [-0.2, -0.15) is 0 Å². The Morgan fingerprint density at radius 1 is 0.935 bits per heavy atom. The third-order valence-electron chi connectivity index (χ3n) is 5.40. The minimum Gasteiger partial charge on any atom is -0.508 e. The summed E-state index contributed by atoms with van der Waals surface area (Å²) in [5.41, 5.74) is 2.48. The van der Waals surface area contributed by atoms with Gasteiger partial charge in [-0.05, 0) is 67.4 Å². The van der Waals surface area contributed by atoms with E-state index >= 15 is 0 Å². The molecule has 4 rings (SSSR count). The molecule has 1 amide bonds. The number of aromatic hydroxyl groups is 1. The van der Waals surface area contributed by atoms with Crippen LogP contribution in [0.2, 0.25) is 0 Å². The summed E-state index contributed by atoms with van der Waals surface area (Å²) in [6.07, 6.45) is 0. The van der Waals surface area contributed by atoms with Gasteiger partial charge in [0, 0.05) is 11.3 Å². The van der Waals surface area contributed by atoms with E-state index in [4.69, 9.17) is 0 Å². The van der Waals surface area contributed by atoms with Crippen LogP contribution < -0.4 is 4.90 Å². The highest BCUT2D eigenvalue weighted by atomic mass is 19.1. The van der Waals surface area contributed by atoms with Gasteiger partial charge < -0.3 is 10.2 Å². The zero-order valence-electron chi connectivity index (χ0n) is 17.0. The molecule has 1 fully saturated rings. The van der Waals surface area contributed by atoms with Crippen molar-refractivity contribution in [3.05, 3.63) is 100 Å². The number of Topliss-reactive ketones (excluding diaryl/α,β-unsaturated/α-hetero) is 1. The second-order valence-corrected chi connectivity index (χ2v) is 7.56. The number of nitrogens with zero attached hydrogens (tertiary/aromatic N) is 1. The van der Waals surface area contributed by atoms with E-state index in [-0.39, 0.29) is 22.6 Å². The van der Waals surface area contributed by atoms with E-state index in [9.17, 15) is 24.2 Å². The normalized spacial score (nSPS) is 17.9. The van der Waals surface area contributed by atoms with Crippen molar-refractivity contribution in [1.29, 1.82) is 0 Å². The lowest BCUT2D eigenvalue weighted by Crippen LogP contribution is -2.29. The first kappa shape index (κ1) is 20.3. The number of amides is 1. The van der Waals surface area contributed by atoms with Crippen LogP contribution in [0.5, 0.6) is 5.75 Å². The molecular formula is C25H20FNO4. The van der Waals surface area contributed by atoms with Gasteiger partial charge in [-0.3, -0.25) is 14.5 Å². The molecule has 0 bridgehead atoms. The van der Waals surface area contributed by atoms with Crippen molar-refractivity contribution in [2.45, 2.75) is 19.9 Å². The largest absolute Gasteiger partial charge is 0.508 e. The predicted molar refractivity (Wildman–Crippen MR) is 115 cm³/mol. The molecule has 1 atom stereocenters. The first-order valence-corrected chi connectivity index (χ1v) is 9.71. The van der Waals surface area contributed by atoms with Crippen molar-refractivity contribution in [2.24, 2.45) is 0 Å². The number of aliphatic hydroxyl groups excluding tert-OH is 1. The van der Waals surface area contributed by atoms with Gasteiger partial charge >= 0.3 is 0 Å². The minimum absolute atomic E-state index is 0.0326. The van der Waals surface area contributed by atoms with E-state index in [1.807, 2.05) is 19.1 Å². The molecule has 0 aromatic heterocycles. The van der Waals surface area contributed by atoms with Gasteiger partial charge in [-0.25, -0.2) is 4.39 Å². The van der Waals surface area contributed by atoms with Gasteiger partial charge in [0.05, 0.1) is 11.6 Å². The van der Waals surface area contributed by atoms with Crippen LogP contribution in [0.4, 0.5) is 10.1 Å². The SMILES string of the molecule is Cc1ccc(N2C(=O)C(=O)/C(=C(\O)c3ccc(F)c(C)c3)C2c2ccc(O)cc2)cc1. The van der Waals surface area contributed by atoms with Crippen molar-refractivity contribution < 1.29 is 24.2 Å². The molecule has 3 aromatic rings. The van der Waals surface area contributed by atoms with Gasteiger partial charge in [-0.15, -0.1) is 0 Å². The fourth-order valence-corrected chi connectivity index (χ4v) is 3.72. The number of anilines is 1. The fourth-order valence-electron chi connectivity index (χ4n) is 3.72. The fraction of sp³-hybridized carbons (Fsp3) is 0.120. The Labute approximate surface area is 178 Å². The zero-order chi connectivity index (χ0) is 22.3. The van der Waals surface area contributed by atoms with Crippen LogP contribution >= 0.6 is 0 Å². The number of phenolic OH excluding ortho intramolecular Hbond substituents is 1. The number of rotatable bonds is 3. The summed E-state index contributed by atoms with van der Waals surface area (Å²) < 4.78 is 13.7. The molecule has 0 radical (unpaired) electrons. The number of carbonyl (C=O) groups excluding carboxylic acids is 2. The molecule has 6 heteroatoms. The van der Waals surface area contributed by atoms with Gasteiger partial charge in [0.2, 0.25) is 0 Å². The molecule has 1 unspecified atom stereocenters. The molecule has 1 heterocycles. The van der Waals surface area contributed by atoms with Gasteiger partial charge in [0.25, 0.3) is 11.7 Å². The highest BCUT2D eigenvalue weighted by molar-refractivity contribution is 6.51. The van der Waals surface area contributed by atoms with Crippen molar-refractivity contribution in [3.8, 4) is 5.75 Å². The quantitative estimate of drug-likeness (QED) is 0.365. The maximum absolute atomic E-state index is 13.7. The molecule has 1 aliphatic rings. The summed E-state index contributed by atoms with van der Waals surface area (Å²) in [7, 11) is 0. The lowest BCUT2D eigenvalue weighted by Gasteiger charge is -2.25. The van der Waals surface area contributed by atoms with Crippen molar-refractivity contribution >= 4 is 23.1 Å². The molecule has 0 spiro atoms. The maximum atomic E-state index is 13.7. The predicted octanol–water partition coefficient (Wildman–Crippen LogP) is 4.77. The summed E-state index contributed by atoms with van der Waals surface area (Å²) in [6, 6.07) is 16.3. The van der Waals surface area contributed by atoms with E-state index in [2.05, 4.69) is 0 Å². The van der Waals surface area contributed by atoms with E-state index < -0.39 is 23.5 Å². The molecule has 1 aliphatic heterocycles. The molecule has 5 nitrogen and oxygen atoms in total. The first-order chi connectivity index (χ1) is 14.8. The van der Waals surface area contributed by atoms with Crippen LogP contribution in [0, 0.1) is 19.7 Å². The Kier molecular flexibility index (Phi) is 5.07. The van der Waals surface area contributed by atoms with E-state index in [0.717, 1.165) is 5.56 Å². The molecule has 1 saturated heterocycles. The average molecular weight is 417 g/mol. The summed E-state index contributed by atoms with van der Waals surface area (Å²) in [4.78, 5) is 27.4. The number of aryl methyl sites for hydroxylation is 2. The number of aliphatic hydroxyl groups is 1. The highest BCUT2D eigenvalue weighted by Gasteiger charge is 2.46. The summed E-state index contributed by atoms with van der Waals surface area (Å²) >= 11 is 0. The molecular weight excluding hydrogens is 397 g/mol. The first-order valence-electron chi connectivity index (χ1n) is 9.71. The van der Waals surface area contributed by atoms with Crippen molar-refractivity contribution in [2.75, 3.05) is 4.90 Å². The van der Waals surface area contributed by atoms with Gasteiger partial charge in [-0.1, -0.05) is 29.8 Å². The summed E-state index contributed by atoms with van der Waals surface area (Å²) in [5.74, 6) is -2.40. The monoisotopic (exact) mass is 417 g/mol. The number of benzene rings is 3. The smallest absolute Gasteiger partial charge is 0.300 e. The molecule has 3 aromatic carbocycles. The third kappa shape index (κ3) is 3.57. The summed E-state index contributed by atoms with van der Waals surface area (Å²) in [5, 5.41) is 20.7. The second-order valence-electron chi connectivity index (χ2n) is 7.56. The standard InChI is InChI=1S/C25H20FNO4/c1-14-3-8-18(9-4-14)27-22(16-5-10-19(28)11-6-16)21(24(30)25(27)31)23(29)17-7-12-20(26)15(2)13-17/h3-13,22,28-29H,1-2H3/b23-21-. The lowest BCUT2D eigenvalue weighted by molar-refractivity contribution is -0.132. The maximum Gasteiger partial charge on any atom is 0.300 e. The summed E-state index contributed by atoms with van der Waals surface area (Å²) in [6.45, 7) is 3.46. The Morgan fingerprint density at radius 2 is 1.58 bits per heavy atom. The van der Waals surface area contributed by atoms with Crippen LogP contribution in [-0.2, 0) is 9.59 Å². The van der Waals surface area contributed by atoms with Gasteiger partial charge in [0.15, 0.2) is 0 Å². The molecule has 156 valence electrons. The zero-order valence-corrected chi connectivity index (χ0v) is 17.0. The second kappa shape index (κ2) is 7.72.